The molecule has 0 N–H and O–H groups in total. The Morgan fingerprint density at radius 3 is 1.11 bits per heavy atom. The average Bonchev–Trinajstić information content (AvgIpc) is 3.62. The number of ether oxygens (including phenoxy) is 2. The molecular formula is C27H15F12N3O2. The third-order valence-electron chi connectivity index (χ3n) is 6.48. The molecule has 2 aromatic carbocycles. The van der Waals surface area contributed by atoms with E-state index in [0.717, 1.165) is 0 Å². The van der Waals surface area contributed by atoms with Gasteiger partial charge in [0.2, 0.25) is 11.8 Å². The highest BCUT2D eigenvalue weighted by Crippen LogP contribution is 2.40. The normalized spacial score (nSPS) is 19.4. The van der Waals surface area contributed by atoms with E-state index in [1.807, 2.05) is 0 Å². The molecule has 0 saturated heterocycles. The maximum absolute atomic E-state index is 13.3. The predicted molar refractivity (Wildman–Crippen MR) is 128 cm³/mol. The van der Waals surface area contributed by atoms with E-state index < -0.39 is 83.4 Å². The zero-order valence-electron chi connectivity index (χ0n) is 21.5. The van der Waals surface area contributed by atoms with Gasteiger partial charge < -0.3 is 9.47 Å². The highest BCUT2D eigenvalue weighted by Gasteiger charge is 2.40. The topological polar surface area (TPSA) is 56.1 Å². The third-order valence-corrected chi connectivity index (χ3v) is 6.48. The average molecular weight is 641 g/mol. The van der Waals surface area contributed by atoms with Crippen molar-refractivity contribution in [2.45, 2.75) is 36.8 Å². The zero-order valence-corrected chi connectivity index (χ0v) is 21.5. The summed E-state index contributed by atoms with van der Waals surface area (Å²) >= 11 is 0. The summed E-state index contributed by atoms with van der Waals surface area (Å²) in [6.45, 7) is -0.840. The maximum atomic E-state index is 13.3. The fourth-order valence-electron chi connectivity index (χ4n) is 4.39. The van der Waals surface area contributed by atoms with Gasteiger partial charge in [0.15, 0.2) is 0 Å². The minimum absolute atomic E-state index is 0.0200. The third kappa shape index (κ3) is 6.60. The Kier molecular flexibility index (Phi) is 7.56. The molecule has 5 nitrogen and oxygen atoms in total. The molecule has 3 aromatic rings. The van der Waals surface area contributed by atoms with Gasteiger partial charge >= 0.3 is 24.7 Å². The second kappa shape index (κ2) is 10.7. The Labute approximate surface area is 238 Å². The number of alkyl halides is 12. The van der Waals surface area contributed by atoms with Gasteiger partial charge in [-0.05, 0) is 59.7 Å². The van der Waals surface area contributed by atoms with E-state index in [1.54, 1.807) is 0 Å². The molecular weight excluding hydrogens is 626 g/mol. The van der Waals surface area contributed by atoms with Crippen molar-refractivity contribution in [1.29, 1.82) is 0 Å². The van der Waals surface area contributed by atoms with Gasteiger partial charge in [-0.3, -0.25) is 0 Å². The lowest BCUT2D eigenvalue weighted by molar-refractivity contribution is -0.144. The largest absolute Gasteiger partial charge is 0.474 e. The second-order valence-electron chi connectivity index (χ2n) is 9.61. The van der Waals surface area contributed by atoms with Gasteiger partial charge in [0, 0.05) is 0 Å². The fraction of sp³-hybridized carbons (Fsp3) is 0.296. The summed E-state index contributed by atoms with van der Waals surface area (Å²) in [6.07, 6.45) is -20.3. The maximum Gasteiger partial charge on any atom is 0.416 e. The van der Waals surface area contributed by atoms with Crippen LogP contribution in [0.5, 0.6) is 0 Å². The first-order valence-electron chi connectivity index (χ1n) is 12.3. The van der Waals surface area contributed by atoms with Gasteiger partial charge in [0.05, 0.1) is 22.3 Å². The summed E-state index contributed by atoms with van der Waals surface area (Å²) in [4.78, 5) is 12.3. The van der Waals surface area contributed by atoms with Gasteiger partial charge in [-0.2, -0.15) is 52.7 Å². The first kappa shape index (κ1) is 31.1. The quantitative estimate of drug-likeness (QED) is 0.270. The molecule has 0 radical (unpaired) electrons. The molecule has 2 aliphatic heterocycles. The molecule has 0 amide bonds. The van der Waals surface area contributed by atoms with Gasteiger partial charge in [0.1, 0.15) is 36.7 Å². The van der Waals surface area contributed by atoms with Crippen LogP contribution in [-0.4, -0.2) is 30.0 Å². The standard InChI is InChI=1S/C27H15F12N3O2/c28-24(29,30)14-4-12(5-15(8-14)25(31,32)33)20-10-43-22(41-20)18-2-1-3-19(40-18)23-42-21(11-44-23)13-6-16(26(34,35)36)9-17(7-13)27(37,38)39/h1-9,20-21H,10-11H2/t20-,21-/m0/s1. The van der Waals surface area contributed by atoms with Crippen LogP contribution in [0.3, 0.4) is 0 Å². The number of benzene rings is 2. The van der Waals surface area contributed by atoms with Crippen LogP contribution in [0.2, 0.25) is 0 Å². The van der Waals surface area contributed by atoms with Crippen molar-refractivity contribution in [2.24, 2.45) is 9.98 Å². The lowest BCUT2D eigenvalue weighted by atomic mass is 10.0. The Morgan fingerprint density at radius 1 is 0.500 bits per heavy atom. The van der Waals surface area contributed by atoms with Crippen molar-refractivity contribution >= 4 is 11.8 Å². The van der Waals surface area contributed by atoms with Gasteiger partial charge in [-0.1, -0.05) is 6.07 Å². The molecule has 0 fully saturated rings. The first-order chi connectivity index (χ1) is 20.3. The molecule has 0 unspecified atom stereocenters. The molecule has 1 aromatic heterocycles. The molecule has 0 bridgehead atoms. The lowest BCUT2D eigenvalue weighted by Crippen LogP contribution is -2.13. The molecule has 0 saturated carbocycles. The Hall–Kier alpha value is -4.31. The highest BCUT2D eigenvalue weighted by atomic mass is 19.4. The molecule has 44 heavy (non-hydrogen) atoms. The van der Waals surface area contributed by atoms with Crippen LogP contribution in [-0.2, 0) is 34.2 Å². The monoisotopic (exact) mass is 641 g/mol. The predicted octanol–water partition coefficient (Wildman–Crippen LogP) is 8.19. The zero-order chi connectivity index (χ0) is 32.2. The number of hydrogen-bond acceptors (Lipinski definition) is 5. The van der Waals surface area contributed by atoms with Crippen molar-refractivity contribution in [3.63, 3.8) is 0 Å². The van der Waals surface area contributed by atoms with Crippen LogP contribution in [0.1, 0.15) is 56.9 Å². The number of pyridine rings is 1. The van der Waals surface area contributed by atoms with Crippen LogP contribution in [0.4, 0.5) is 52.7 Å². The van der Waals surface area contributed by atoms with Crippen molar-refractivity contribution < 1.29 is 62.2 Å². The molecule has 234 valence electrons. The van der Waals surface area contributed by atoms with Crippen LogP contribution >= 0.6 is 0 Å². The van der Waals surface area contributed by atoms with Crippen LogP contribution in [0.15, 0.2) is 64.6 Å². The van der Waals surface area contributed by atoms with Crippen LogP contribution in [0.25, 0.3) is 0 Å². The Morgan fingerprint density at radius 2 is 0.818 bits per heavy atom. The van der Waals surface area contributed by atoms with E-state index >= 15 is 0 Å². The van der Waals surface area contributed by atoms with Gasteiger partial charge in [0.25, 0.3) is 0 Å². The number of nitrogens with zero attached hydrogens (tertiary/aromatic N) is 3. The van der Waals surface area contributed by atoms with E-state index in [0.29, 0.717) is 24.3 Å². The highest BCUT2D eigenvalue weighted by molar-refractivity contribution is 5.97. The number of rotatable bonds is 4. The summed E-state index contributed by atoms with van der Waals surface area (Å²) < 4.78 is 170. The number of aliphatic imine (C=N–C) groups is 2. The van der Waals surface area contributed by atoms with Crippen molar-refractivity contribution in [3.05, 3.63) is 99.4 Å². The van der Waals surface area contributed by atoms with Crippen molar-refractivity contribution in [3.8, 4) is 0 Å². The summed E-state index contributed by atoms with van der Waals surface area (Å²) in [5.41, 5.74) is -7.02. The first-order valence-corrected chi connectivity index (χ1v) is 12.3. The molecule has 2 aliphatic rings. The van der Waals surface area contributed by atoms with E-state index in [2.05, 4.69) is 15.0 Å². The fourth-order valence-corrected chi connectivity index (χ4v) is 4.39. The Bertz CT molecular complexity index is 1460. The summed E-state index contributed by atoms with van der Waals surface area (Å²) in [7, 11) is 0. The SMILES string of the molecule is FC(F)(F)c1cc([C@@H]2COC(c3cccc(C4=N[C@H](c5cc(C(F)(F)F)cc(C(F)(F)F)c5)CO4)n3)=N2)cc(C(F)(F)F)c1. The minimum atomic E-state index is -5.07. The van der Waals surface area contributed by atoms with Crippen molar-refractivity contribution in [2.75, 3.05) is 13.2 Å². The molecule has 0 aliphatic carbocycles. The smallest absolute Gasteiger partial charge is 0.416 e. The van der Waals surface area contributed by atoms with E-state index in [-0.39, 0.29) is 35.3 Å². The molecule has 5 rings (SSSR count). The van der Waals surface area contributed by atoms with Gasteiger partial charge in [-0.25, -0.2) is 15.0 Å². The summed E-state index contributed by atoms with van der Waals surface area (Å²) in [5.74, 6) is -0.490. The van der Waals surface area contributed by atoms with Crippen LogP contribution in [0, 0.1) is 0 Å². The van der Waals surface area contributed by atoms with E-state index in [9.17, 15) is 52.7 Å². The number of hydrogen-bond donors (Lipinski definition) is 0. The molecule has 2 atom stereocenters. The van der Waals surface area contributed by atoms with Crippen molar-refractivity contribution in [1.82, 2.24) is 4.98 Å². The summed E-state index contributed by atoms with van der Waals surface area (Å²) in [6, 6.07) is 3.62. The minimum Gasteiger partial charge on any atom is -0.474 e. The Balaban J connectivity index is 1.43. The summed E-state index contributed by atoms with van der Waals surface area (Å²) in [5, 5.41) is 0. The second-order valence-corrected chi connectivity index (χ2v) is 9.61. The number of halogens is 12. The molecule has 0 spiro atoms. The van der Waals surface area contributed by atoms with E-state index in [4.69, 9.17) is 9.47 Å². The lowest BCUT2D eigenvalue weighted by Gasteiger charge is -2.15. The van der Waals surface area contributed by atoms with Gasteiger partial charge in [-0.15, -0.1) is 0 Å². The van der Waals surface area contributed by atoms with E-state index in [1.165, 1.54) is 18.2 Å². The molecule has 17 heteroatoms. The van der Waals surface area contributed by atoms with Crippen LogP contribution < -0.4 is 0 Å². The number of aromatic nitrogens is 1. The molecule has 3 heterocycles.